The van der Waals surface area contributed by atoms with Crippen molar-refractivity contribution in [2.24, 2.45) is 0 Å². The Labute approximate surface area is 206 Å². The van der Waals surface area contributed by atoms with Crippen LogP contribution in [0.2, 0.25) is 0 Å². The summed E-state index contributed by atoms with van der Waals surface area (Å²) in [5.41, 5.74) is 4.25. The minimum atomic E-state index is -0.554. The fourth-order valence-corrected chi connectivity index (χ4v) is 4.58. The van der Waals surface area contributed by atoms with E-state index >= 15 is 0 Å². The lowest BCUT2D eigenvalue weighted by Crippen LogP contribution is -2.22. The summed E-state index contributed by atoms with van der Waals surface area (Å²) in [4.78, 5) is 30.7. The molecule has 0 saturated carbocycles. The van der Waals surface area contributed by atoms with Crippen molar-refractivity contribution >= 4 is 40.1 Å². The molecule has 0 saturated heterocycles. The Morgan fingerprint density at radius 1 is 1.00 bits per heavy atom. The van der Waals surface area contributed by atoms with E-state index in [1.807, 2.05) is 42.5 Å². The molecule has 2 aliphatic rings. The largest absolute Gasteiger partial charge is 0.486 e. The van der Waals surface area contributed by atoms with Crippen LogP contribution in [-0.2, 0) is 16.0 Å². The second kappa shape index (κ2) is 9.22. The summed E-state index contributed by atoms with van der Waals surface area (Å²) in [6.07, 6.45) is 4.94. The van der Waals surface area contributed by atoms with Crippen LogP contribution in [0.5, 0.6) is 11.5 Å². The quantitative estimate of drug-likeness (QED) is 0.405. The maximum Gasteiger partial charge on any atom is 0.339 e. The van der Waals surface area contributed by atoms with Gasteiger partial charge in [0.2, 0.25) is 0 Å². The van der Waals surface area contributed by atoms with Crippen molar-refractivity contribution in [3.8, 4) is 11.5 Å². The minimum absolute atomic E-state index is 0.423. The Bertz CT molecular complexity index is 1510. The standard InChI is InChI=1S/C28H22N2O6/c31-25(29-18-8-10-23-24(15-18)35-13-12-34-23)16-36-28(32)26-20-5-1-2-6-22(20)30-27-17(7-9-21(26)27)14-19-4-3-11-33-19/h1-6,8,10-11,14-15H,7,9,12-13,16H2,(H,29,31)/b17-14+. The van der Waals surface area contributed by atoms with Gasteiger partial charge in [0, 0.05) is 17.1 Å². The normalized spacial score (nSPS) is 15.1. The molecule has 36 heavy (non-hydrogen) atoms. The van der Waals surface area contributed by atoms with Gasteiger partial charge in [0.15, 0.2) is 18.1 Å². The lowest BCUT2D eigenvalue weighted by atomic mass is 10.0. The zero-order chi connectivity index (χ0) is 24.5. The summed E-state index contributed by atoms with van der Waals surface area (Å²) < 4.78 is 22.0. The molecule has 8 nitrogen and oxygen atoms in total. The highest BCUT2D eigenvalue weighted by atomic mass is 16.6. The van der Waals surface area contributed by atoms with E-state index in [0.29, 0.717) is 53.3 Å². The third-order valence-electron chi connectivity index (χ3n) is 6.17. The average molecular weight is 482 g/mol. The van der Waals surface area contributed by atoms with Gasteiger partial charge in [-0.25, -0.2) is 9.78 Å². The van der Waals surface area contributed by atoms with Crippen molar-refractivity contribution in [1.82, 2.24) is 4.98 Å². The smallest absolute Gasteiger partial charge is 0.339 e. The van der Waals surface area contributed by atoms with Crippen molar-refractivity contribution in [2.75, 3.05) is 25.1 Å². The van der Waals surface area contributed by atoms with Crippen LogP contribution in [0.4, 0.5) is 5.69 Å². The number of amides is 1. The number of nitrogens with zero attached hydrogens (tertiary/aromatic N) is 1. The first-order valence-corrected chi connectivity index (χ1v) is 11.7. The number of fused-ring (bicyclic) bond motifs is 3. The molecule has 0 unspecified atom stereocenters. The van der Waals surface area contributed by atoms with Gasteiger partial charge in [-0.2, -0.15) is 0 Å². The van der Waals surface area contributed by atoms with E-state index in [-0.39, 0.29) is 0 Å². The van der Waals surface area contributed by atoms with Crippen LogP contribution in [-0.4, -0.2) is 36.7 Å². The summed E-state index contributed by atoms with van der Waals surface area (Å²) in [6, 6.07) is 16.3. The van der Waals surface area contributed by atoms with Crippen LogP contribution in [0, 0.1) is 0 Å². The third-order valence-corrected chi connectivity index (χ3v) is 6.17. The number of pyridine rings is 1. The molecular weight excluding hydrogens is 460 g/mol. The van der Waals surface area contributed by atoms with Gasteiger partial charge < -0.3 is 23.9 Å². The Morgan fingerprint density at radius 2 is 1.86 bits per heavy atom. The first kappa shape index (κ1) is 21.9. The number of hydrogen-bond donors (Lipinski definition) is 1. The van der Waals surface area contributed by atoms with Gasteiger partial charge in [-0.1, -0.05) is 18.2 Å². The van der Waals surface area contributed by atoms with E-state index in [2.05, 4.69) is 5.32 Å². The molecule has 1 N–H and O–H groups in total. The van der Waals surface area contributed by atoms with Crippen molar-refractivity contribution < 1.29 is 28.2 Å². The van der Waals surface area contributed by atoms with Gasteiger partial charge in [-0.3, -0.25) is 4.79 Å². The highest BCUT2D eigenvalue weighted by molar-refractivity contribution is 6.08. The second-order valence-corrected chi connectivity index (χ2v) is 8.50. The number of furan rings is 1. The first-order chi connectivity index (χ1) is 17.7. The van der Waals surface area contributed by atoms with Crippen LogP contribution >= 0.6 is 0 Å². The van der Waals surface area contributed by atoms with Gasteiger partial charge in [0.05, 0.1) is 23.0 Å². The summed E-state index contributed by atoms with van der Waals surface area (Å²) in [7, 11) is 0. The molecule has 0 spiro atoms. The van der Waals surface area contributed by atoms with E-state index in [9.17, 15) is 9.59 Å². The monoisotopic (exact) mass is 482 g/mol. The number of ether oxygens (including phenoxy) is 3. The van der Waals surface area contributed by atoms with E-state index in [1.165, 1.54) is 0 Å². The molecule has 8 heteroatoms. The van der Waals surface area contributed by atoms with Gasteiger partial charge in [0.25, 0.3) is 5.91 Å². The molecule has 0 radical (unpaired) electrons. The number of hydrogen-bond acceptors (Lipinski definition) is 7. The highest BCUT2D eigenvalue weighted by Gasteiger charge is 2.28. The van der Waals surface area contributed by atoms with Crippen molar-refractivity contribution in [3.05, 3.63) is 83.4 Å². The molecule has 6 rings (SSSR count). The number of esters is 1. The van der Waals surface area contributed by atoms with Crippen LogP contribution < -0.4 is 14.8 Å². The van der Waals surface area contributed by atoms with E-state index in [0.717, 1.165) is 29.0 Å². The topological polar surface area (TPSA) is 99.9 Å². The zero-order valence-corrected chi connectivity index (χ0v) is 19.3. The molecule has 2 aromatic carbocycles. The third kappa shape index (κ3) is 4.17. The summed E-state index contributed by atoms with van der Waals surface area (Å²) in [6.45, 7) is 0.514. The van der Waals surface area contributed by atoms with E-state index < -0.39 is 18.5 Å². The second-order valence-electron chi connectivity index (χ2n) is 8.50. The van der Waals surface area contributed by atoms with E-state index in [4.69, 9.17) is 23.6 Å². The molecule has 180 valence electrons. The molecule has 1 amide bonds. The van der Waals surface area contributed by atoms with Gasteiger partial charge >= 0.3 is 5.97 Å². The summed E-state index contributed by atoms with van der Waals surface area (Å²) in [5.74, 6) is 0.917. The van der Waals surface area contributed by atoms with Gasteiger partial charge in [-0.15, -0.1) is 0 Å². The van der Waals surface area contributed by atoms with Crippen LogP contribution in [0.25, 0.3) is 22.6 Å². The summed E-state index contributed by atoms with van der Waals surface area (Å²) in [5, 5.41) is 3.44. The van der Waals surface area contributed by atoms with Crippen molar-refractivity contribution in [3.63, 3.8) is 0 Å². The maximum atomic E-state index is 13.3. The predicted molar refractivity (Wildman–Crippen MR) is 133 cm³/mol. The lowest BCUT2D eigenvalue weighted by molar-refractivity contribution is -0.119. The van der Waals surface area contributed by atoms with Crippen LogP contribution in [0.15, 0.2) is 65.3 Å². The molecule has 0 fully saturated rings. The minimum Gasteiger partial charge on any atom is -0.486 e. The Balaban J connectivity index is 1.23. The molecule has 3 heterocycles. The molecule has 4 aromatic rings. The van der Waals surface area contributed by atoms with Crippen molar-refractivity contribution in [2.45, 2.75) is 12.8 Å². The van der Waals surface area contributed by atoms with Crippen LogP contribution in [0.1, 0.15) is 33.8 Å². The molecule has 2 aromatic heterocycles. The molecule has 0 bridgehead atoms. The number of anilines is 1. The lowest BCUT2D eigenvalue weighted by Gasteiger charge is -2.19. The Kier molecular flexibility index (Phi) is 5.61. The molecule has 0 atom stereocenters. The maximum absolute atomic E-state index is 13.3. The fourth-order valence-electron chi connectivity index (χ4n) is 4.58. The predicted octanol–water partition coefficient (Wildman–Crippen LogP) is 4.88. The molecular formula is C28H22N2O6. The number of carbonyl (C=O) groups is 2. The number of carbonyl (C=O) groups excluding carboxylic acids is 2. The van der Waals surface area contributed by atoms with Crippen LogP contribution in [0.3, 0.4) is 0 Å². The Morgan fingerprint density at radius 3 is 2.72 bits per heavy atom. The van der Waals surface area contributed by atoms with Crippen molar-refractivity contribution in [1.29, 1.82) is 0 Å². The first-order valence-electron chi connectivity index (χ1n) is 11.7. The number of benzene rings is 2. The molecule has 1 aliphatic heterocycles. The fraction of sp³-hybridized carbons (Fsp3) is 0.179. The van der Waals surface area contributed by atoms with Gasteiger partial charge in [-0.05, 0) is 60.4 Å². The molecule has 1 aliphatic carbocycles. The van der Waals surface area contributed by atoms with Gasteiger partial charge in [0.1, 0.15) is 19.0 Å². The number of para-hydroxylation sites is 1. The number of nitrogens with one attached hydrogen (secondary N) is 1. The number of aromatic nitrogens is 1. The SMILES string of the molecule is O=C(COC(=O)c1c2c(nc3ccccc13)/C(=C/c1ccco1)CC2)Nc1ccc2c(c1)OCCO2. The summed E-state index contributed by atoms with van der Waals surface area (Å²) >= 11 is 0. The highest BCUT2D eigenvalue weighted by Crippen LogP contribution is 2.38. The zero-order valence-electron chi connectivity index (χ0n) is 19.3. The Hall–Kier alpha value is -4.59. The number of allylic oxidation sites excluding steroid dienone is 1. The number of rotatable bonds is 5. The van der Waals surface area contributed by atoms with E-state index in [1.54, 1.807) is 24.5 Å². The average Bonchev–Trinajstić information content (AvgIpc) is 3.56.